The van der Waals surface area contributed by atoms with E-state index in [4.69, 9.17) is 21.8 Å². The first-order valence-corrected chi connectivity index (χ1v) is 7.55. The molecule has 0 aliphatic heterocycles. The van der Waals surface area contributed by atoms with Crippen molar-refractivity contribution in [3.05, 3.63) is 35.2 Å². The predicted octanol–water partition coefficient (Wildman–Crippen LogP) is 2.48. The molecule has 0 bridgehead atoms. The van der Waals surface area contributed by atoms with E-state index in [1.165, 1.54) is 0 Å². The quantitative estimate of drug-likeness (QED) is 0.807. The van der Waals surface area contributed by atoms with Crippen LogP contribution in [0.2, 0.25) is 5.02 Å². The molecular weight excluding hydrogens is 304 g/mol. The number of hydrogen-bond donors (Lipinski definition) is 1. The summed E-state index contributed by atoms with van der Waals surface area (Å²) in [6.45, 7) is 3.44. The van der Waals surface area contributed by atoms with Crippen molar-refractivity contribution < 1.29 is 9.21 Å². The number of halogens is 1. The first-order valence-electron chi connectivity index (χ1n) is 7.17. The average Bonchev–Trinajstić information content (AvgIpc) is 2.93. The molecule has 1 amide bonds. The van der Waals surface area contributed by atoms with Crippen LogP contribution in [0.1, 0.15) is 25.7 Å². The van der Waals surface area contributed by atoms with Crippen molar-refractivity contribution in [2.75, 3.05) is 13.1 Å². The fraction of sp³-hybridized carbons (Fsp3) is 0.400. The average molecular weight is 323 g/mol. The first kappa shape index (κ1) is 16.5. The smallest absolute Gasteiger partial charge is 0.247 e. The minimum absolute atomic E-state index is 0.179. The lowest BCUT2D eigenvalue weighted by atomic mass is 10.2. The molecular formula is C15H19ClN4O2. The van der Waals surface area contributed by atoms with Gasteiger partial charge in [-0.2, -0.15) is 0 Å². The van der Waals surface area contributed by atoms with E-state index >= 15 is 0 Å². The van der Waals surface area contributed by atoms with Gasteiger partial charge < -0.3 is 10.2 Å². The van der Waals surface area contributed by atoms with Gasteiger partial charge in [0.1, 0.15) is 0 Å². The highest BCUT2D eigenvalue weighted by molar-refractivity contribution is 6.30. The van der Waals surface area contributed by atoms with Gasteiger partial charge in [-0.1, -0.05) is 24.9 Å². The summed E-state index contributed by atoms with van der Waals surface area (Å²) in [5, 5.41) is 8.70. The zero-order valence-corrected chi connectivity index (χ0v) is 13.2. The Labute approximate surface area is 134 Å². The molecule has 2 aromatic rings. The summed E-state index contributed by atoms with van der Waals surface area (Å²) in [4.78, 5) is 13.0. The number of nitrogens with zero attached hydrogens (tertiary/aromatic N) is 3. The van der Waals surface area contributed by atoms with Crippen LogP contribution in [-0.4, -0.2) is 34.1 Å². The Morgan fingerprint density at radius 1 is 1.32 bits per heavy atom. The van der Waals surface area contributed by atoms with Crippen molar-refractivity contribution in [2.24, 2.45) is 5.73 Å². The van der Waals surface area contributed by atoms with Crippen LogP contribution >= 0.6 is 11.6 Å². The van der Waals surface area contributed by atoms with Gasteiger partial charge >= 0.3 is 0 Å². The maximum atomic E-state index is 11.1. The van der Waals surface area contributed by atoms with Crippen molar-refractivity contribution in [1.29, 1.82) is 0 Å². The summed E-state index contributed by atoms with van der Waals surface area (Å²) in [6, 6.07) is 7.17. The third kappa shape index (κ3) is 4.82. The molecule has 0 spiro atoms. The van der Waals surface area contributed by atoms with Gasteiger partial charge in [-0.05, 0) is 37.2 Å². The molecule has 0 fully saturated rings. The Kier molecular flexibility index (Phi) is 5.91. The van der Waals surface area contributed by atoms with Crippen LogP contribution in [0.4, 0.5) is 0 Å². The van der Waals surface area contributed by atoms with Gasteiger partial charge in [0.05, 0.1) is 13.1 Å². The molecule has 118 valence electrons. The van der Waals surface area contributed by atoms with Crippen LogP contribution in [0.25, 0.3) is 11.5 Å². The molecule has 0 aliphatic carbocycles. The van der Waals surface area contributed by atoms with E-state index in [1.54, 1.807) is 12.1 Å². The van der Waals surface area contributed by atoms with Crippen LogP contribution in [-0.2, 0) is 11.3 Å². The van der Waals surface area contributed by atoms with Crippen molar-refractivity contribution in [1.82, 2.24) is 15.1 Å². The van der Waals surface area contributed by atoms with E-state index in [9.17, 15) is 4.79 Å². The second-order valence-electron chi connectivity index (χ2n) is 5.04. The summed E-state index contributed by atoms with van der Waals surface area (Å²) in [5.41, 5.74) is 6.07. The van der Waals surface area contributed by atoms with Crippen LogP contribution in [0.5, 0.6) is 0 Å². The Balaban J connectivity index is 2.05. The molecule has 0 unspecified atom stereocenters. The normalized spacial score (nSPS) is 11.0. The van der Waals surface area contributed by atoms with Gasteiger partial charge in [0, 0.05) is 10.6 Å². The third-order valence-electron chi connectivity index (χ3n) is 3.12. The van der Waals surface area contributed by atoms with E-state index in [-0.39, 0.29) is 12.5 Å². The molecule has 22 heavy (non-hydrogen) atoms. The van der Waals surface area contributed by atoms with E-state index in [0.717, 1.165) is 24.9 Å². The maximum Gasteiger partial charge on any atom is 0.247 e. The number of aromatic nitrogens is 2. The molecule has 0 radical (unpaired) electrons. The Morgan fingerprint density at radius 3 is 2.68 bits per heavy atom. The van der Waals surface area contributed by atoms with Crippen LogP contribution < -0.4 is 5.73 Å². The molecule has 2 rings (SSSR count). The highest BCUT2D eigenvalue weighted by Gasteiger charge is 2.14. The molecule has 2 N–H and O–H groups in total. The highest BCUT2D eigenvalue weighted by Crippen LogP contribution is 2.20. The molecule has 0 saturated heterocycles. The lowest BCUT2D eigenvalue weighted by Gasteiger charge is -2.17. The van der Waals surface area contributed by atoms with Gasteiger partial charge in [0.2, 0.25) is 17.7 Å². The fourth-order valence-corrected chi connectivity index (χ4v) is 2.16. The highest BCUT2D eigenvalue weighted by atomic mass is 35.5. The maximum absolute atomic E-state index is 11.1. The Bertz CT molecular complexity index is 612. The zero-order valence-electron chi connectivity index (χ0n) is 12.5. The molecule has 7 heteroatoms. The van der Waals surface area contributed by atoms with E-state index in [2.05, 4.69) is 17.1 Å². The van der Waals surface area contributed by atoms with Gasteiger partial charge in [0.25, 0.3) is 0 Å². The number of carbonyl (C=O) groups is 1. The molecule has 0 saturated carbocycles. The summed E-state index contributed by atoms with van der Waals surface area (Å²) in [7, 11) is 0. The number of amides is 1. The number of primary amides is 1. The van der Waals surface area contributed by atoms with E-state index < -0.39 is 0 Å². The first-order chi connectivity index (χ1) is 10.6. The van der Waals surface area contributed by atoms with Gasteiger partial charge in [0.15, 0.2) is 0 Å². The fourth-order valence-electron chi connectivity index (χ4n) is 2.03. The molecule has 1 aromatic heterocycles. The van der Waals surface area contributed by atoms with Crippen molar-refractivity contribution in [3.63, 3.8) is 0 Å². The van der Waals surface area contributed by atoms with Crippen LogP contribution in [0.15, 0.2) is 28.7 Å². The molecule has 1 aromatic carbocycles. The number of nitrogens with two attached hydrogens (primary N) is 1. The number of hydrogen-bond acceptors (Lipinski definition) is 5. The van der Waals surface area contributed by atoms with E-state index in [1.807, 2.05) is 17.0 Å². The van der Waals surface area contributed by atoms with Crippen molar-refractivity contribution in [2.45, 2.75) is 26.3 Å². The molecule has 0 atom stereocenters. The van der Waals surface area contributed by atoms with E-state index in [0.29, 0.717) is 23.3 Å². The summed E-state index contributed by atoms with van der Waals surface area (Å²) < 4.78 is 5.64. The Hall–Kier alpha value is -1.92. The topological polar surface area (TPSA) is 85.2 Å². The Morgan fingerprint density at radius 2 is 2.05 bits per heavy atom. The van der Waals surface area contributed by atoms with Crippen molar-refractivity contribution in [3.8, 4) is 11.5 Å². The number of rotatable bonds is 8. The minimum atomic E-state index is -0.367. The van der Waals surface area contributed by atoms with Gasteiger partial charge in [-0.15, -0.1) is 10.2 Å². The minimum Gasteiger partial charge on any atom is -0.419 e. The third-order valence-corrected chi connectivity index (χ3v) is 3.38. The van der Waals surface area contributed by atoms with Crippen molar-refractivity contribution >= 4 is 17.5 Å². The summed E-state index contributed by atoms with van der Waals surface area (Å²) >= 11 is 5.85. The zero-order chi connectivity index (χ0) is 15.9. The molecule has 1 heterocycles. The SMILES string of the molecule is CCCCN(CC(N)=O)Cc1nnc(-c2ccc(Cl)cc2)o1. The number of benzene rings is 1. The van der Waals surface area contributed by atoms with Gasteiger partial charge in [-0.25, -0.2) is 0 Å². The summed E-state index contributed by atoms with van der Waals surface area (Å²) in [6.07, 6.45) is 2.01. The molecule has 6 nitrogen and oxygen atoms in total. The second-order valence-corrected chi connectivity index (χ2v) is 5.47. The largest absolute Gasteiger partial charge is 0.419 e. The van der Waals surface area contributed by atoms with Crippen LogP contribution in [0, 0.1) is 0 Å². The van der Waals surface area contributed by atoms with Crippen LogP contribution in [0.3, 0.4) is 0 Å². The monoisotopic (exact) mass is 322 g/mol. The summed E-state index contributed by atoms with van der Waals surface area (Å²) in [5.74, 6) is 0.525. The predicted molar refractivity (Wildman–Crippen MR) is 84.1 cm³/mol. The van der Waals surface area contributed by atoms with Gasteiger partial charge in [-0.3, -0.25) is 9.69 Å². The lowest BCUT2D eigenvalue weighted by molar-refractivity contribution is -0.119. The second kappa shape index (κ2) is 7.91. The molecule has 0 aliphatic rings. The number of unbranched alkanes of at least 4 members (excludes halogenated alkanes) is 1. The lowest BCUT2D eigenvalue weighted by Crippen LogP contribution is -2.34. The number of carbonyl (C=O) groups excluding carboxylic acids is 1. The standard InChI is InChI=1S/C15H19ClN4O2/c1-2-3-8-20(9-13(17)21)10-14-18-19-15(22-14)11-4-6-12(16)7-5-11/h4-7H,2-3,8-10H2,1H3,(H2,17,21).